The standard InChI is InChI=1S/C13H9N3OS/c1-8-2-3-9(7-14-8)13-15-11-5-4-10(16-17)6-12(11)18-13/h2-7H,1H3. The summed E-state index contributed by atoms with van der Waals surface area (Å²) in [6, 6.07) is 9.20. The number of hydrogen-bond acceptors (Lipinski definition) is 5. The van der Waals surface area contributed by atoms with Crippen LogP contribution in [0.4, 0.5) is 5.69 Å². The summed E-state index contributed by atoms with van der Waals surface area (Å²) in [6.07, 6.45) is 1.81. The third-order valence-corrected chi connectivity index (χ3v) is 3.70. The molecule has 1 aromatic carbocycles. The SMILES string of the molecule is Cc1ccc(-c2nc3ccc(N=O)cc3s2)cn1. The maximum atomic E-state index is 10.5. The number of hydrogen-bond donors (Lipinski definition) is 0. The van der Waals surface area contributed by atoms with Gasteiger partial charge in [-0.3, -0.25) is 4.98 Å². The van der Waals surface area contributed by atoms with Crippen molar-refractivity contribution in [2.75, 3.05) is 0 Å². The van der Waals surface area contributed by atoms with Crippen LogP contribution in [0.1, 0.15) is 5.69 Å². The summed E-state index contributed by atoms with van der Waals surface area (Å²) in [5.74, 6) is 0. The number of benzene rings is 1. The molecule has 0 bridgehead atoms. The molecular formula is C13H9N3OS. The molecule has 0 unspecified atom stereocenters. The van der Waals surface area contributed by atoms with E-state index < -0.39 is 0 Å². The lowest BCUT2D eigenvalue weighted by Crippen LogP contribution is -1.81. The molecule has 0 aliphatic heterocycles. The van der Waals surface area contributed by atoms with Gasteiger partial charge in [0, 0.05) is 17.5 Å². The minimum absolute atomic E-state index is 0.430. The molecule has 5 heteroatoms. The second-order valence-electron chi connectivity index (χ2n) is 3.95. The smallest absolute Gasteiger partial charge is 0.126 e. The molecule has 0 aliphatic rings. The highest BCUT2D eigenvalue weighted by Crippen LogP contribution is 2.31. The molecular weight excluding hydrogens is 246 g/mol. The van der Waals surface area contributed by atoms with Crippen molar-refractivity contribution >= 4 is 27.2 Å². The quantitative estimate of drug-likeness (QED) is 0.649. The van der Waals surface area contributed by atoms with Gasteiger partial charge >= 0.3 is 0 Å². The first kappa shape index (κ1) is 11.0. The molecule has 0 saturated carbocycles. The highest BCUT2D eigenvalue weighted by Gasteiger charge is 2.07. The summed E-state index contributed by atoms with van der Waals surface area (Å²) in [5, 5.41) is 3.83. The molecule has 18 heavy (non-hydrogen) atoms. The van der Waals surface area contributed by atoms with Gasteiger partial charge in [-0.15, -0.1) is 16.2 Å². The normalized spacial score (nSPS) is 10.7. The van der Waals surface area contributed by atoms with Crippen LogP contribution in [0.3, 0.4) is 0 Å². The van der Waals surface area contributed by atoms with E-state index in [4.69, 9.17) is 0 Å². The Kier molecular flexibility index (Phi) is 2.60. The highest BCUT2D eigenvalue weighted by molar-refractivity contribution is 7.21. The van der Waals surface area contributed by atoms with E-state index in [1.807, 2.05) is 31.3 Å². The Morgan fingerprint density at radius 2 is 2.11 bits per heavy atom. The maximum absolute atomic E-state index is 10.5. The number of nitrogens with zero attached hydrogens (tertiary/aromatic N) is 3. The number of fused-ring (bicyclic) bond motifs is 1. The molecule has 0 fully saturated rings. The molecule has 0 spiro atoms. The molecule has 0 saturated heterocycles. The summed E-state index contributed by atoms with van der Waals surface area (Å²) >= 11 is 1.54. The van der Waals surface area contributed by atoms with Gasteiger partial charge in [0.1, 0.15) is 10.7 Å². The lowest BCUT2D eigenvalue weighted by molar-refractivity contribution is 1.20. The van der Waals surface area contributed by atoms with Crippen LogP contribution in [0.2, 0.25) is 0 Å². The van der Waals surface area contributed by atoms with Crippen LogP contribution in [0.25, 0.3) is 20.8 Å². The lowest BCUT2D eigenvalue weighted by Gasteiger charge is -1.95. The summed E-state index contributed by atoms with van der Waals surface area (Å²) in [7, 11) is 0. The number of aryl methyl sites for hydroxylation is 1. The van der Waals surface area contributed by atoms with Crippen LogP contribution >= 0.6 is 11.3 Å². The lowest BCUT2D eigenvalue weighted by atomic mass is 10.2. The van der Waals surface area contributed by atoms with Crippen LogP contribution < -0.4 is 0 Å². The highest BCUT2D eigenvalue weighted by atomic mass is 32.1. The van der Waals surface area contributed by atoms with Gasteiger partial charge in [-0.1, -0.05) is 0 Å². The Morgan fingerprint density at radius 1 is 1.22 bits per heavy atom. The fourth-order valence-electron chi connectivity index (χ4n) is 1.69. The number of pyridine rings is 1. The first-order valence-electron chi connectivity index (χ1n) is 5.43. The summed E-state index contributed by atoms with van der Waals surface area (Å²) in [5.41, 5.74) is 3.28. The fourth-order valence-corrected chi connectivity index (χ4v) is 2.68. The third-order valence-electron chi connectivity index (χ3n) is 2.64. The third kappa shape index (κ3) is 1.89. The Bertz CT molecular complexity index is 719. The van der Waals surface area contributed by atoms with Gasteiger partial charge in [-0.05, 0) is 42.4 Å². The number of nitroso groups, excluding NO2 is 1. The van der Waals surface area contributed by atoms with Crippen molar-refractivity contribution in [1.82, 2.24) is 9.97 Å². The predicted molar refractivity (Wildman–Crippen MR) is 73.0 cm³/mol. The van der Waals surface area contributed by atoms with Gasteiger partial charge in [0.15, 0.2) is 0 Å². The Morgan fingerprint density at radius 3 is 2.83 bits per heavy atom. The second-order valence-corrected chi connectivity index (χ2v) is 4.98. The maximum Gasteiger partial charge on any atom is 0.126 e. The number of aromatic nitrogens is 2. The van der Waals surface area contributed by atoms with Crippen LogP contribution in [0.5, 0.6) is 0 Å². The van der Waals surface area contributed by atoms with E-state index in [1.165, 1.54) is 11.3 Å². The van der Waals surface area contributed by atoms with Crippen molar-refractivity contribution in [2.24, 2.45) is 5.18 Å². The van der Waals surface area contributed by atoms with Crippen molar-refractivity contribution in [3.63, 3.8) is 0 Å². The average molecular weight is 255 g/mol. The minimum atomic E-state index is 0.430. The van der Waals surface area contributed by atoms with Crippen molar-refractivity contribution in [2.45, 2.75) is 6.92 Å². The zero-order valence-corrected chi connectivity index (χ0v) is 10.4. The summed E-state index contributed by atoms with van der Waals surface area (Å²) < 4.78 is 0.961. The molecule has 0 aliphatic carbocycles. The van der Waals surface area contributed by atoms with Crippen molar-refractivity contribution in [1.29, 1.82) is 0 Å². The first-order valence-corrected chi connectivity index (χ1v) is 6.25. The van der Waals surface area contributed by atoms with Gasteiger partial charge < -0.3 is 0 Å². The Balaban J connectivity index is 2.12. The van der Waals surface area contributed by atoms with E-state index >= 15 is 0 Å². The predicted octanol–water partition coefficient (Wildman–Crippen LogP) is 4.06. The molecule has 0 radical (unpaired) electrons. The van der Waals surface area contributed by atoms with E-state index in [2.05, 4.69) is 15.1 Å². The average Bonchev–Trinajstić information content (AvgIpc) is 2.82. The fraction of sp³-hybridized carbons (Fsp3) is 0.0769. The van der Waals surface area contributed by atoms with Crippen LogP contribution in [0.15, 0.2) is 41.7 Å². The van der Waals surface area contributed by atoms with E-state index in [-0.39, 0.29) is 0 Å². The van der Waals surface area contributed by atoms with E-state index in [9.17, 15) is 4.91 Å². The van der Waals surface area contributed by atoms with Crippen LogP contribution in [-0.2, 0) is 0 Å². The molecule has 3 rings (SSSR count). The first-order chi connectivity index (χ1) is 8.76. The summed E-state index contributed by atoms with van der Waals surface area (Å²) in [4.78, 5) is 19.3. The second kappa shape index (κ2) is 4.27. The molecule has 0 amide bonds. The molecule has 0 atom stereocenters. The van der Waals surface area contributed by atoms with Crippen molar-refractivity contribution in [3.8, 4) is 10.6 Å². The topological polar surface area (TPSA) is 55.2 Å². The van der Waals surface area contributed by atoms with Crippen molar-refractivity contribution < 1.29 is 0 Å². The molecule has 88 valence electrons. The van der Waals surface area contributed by atoms with Crippen LogP contribution in [0, 0.1) is 11.8 Å². The minimum Gasteiger partial charge on any atom is -0.261 e. The van der Waals surface area contributed by atoms with E-state index in [0.717, 1.165) is 26.5 Å². The molecule has 2 heterocycles. The molecule has 3 aromatic rings. The van der Waals surface area contributed by atoms with Gasteiger partial charge in [-0.2, -0.15) is 0 Å². The van der Waals surface area contributed by atoms with E-state index in [0.29, 0.717) is 5.69 Å². The largest absolute Gasteiger partial charge is 0.261 e. The van der Waals surface area contributed by atoms with Gasteiger partial charge in [0.2, 0.25) is 0 Å². The molecule has 2 aromatic heterocycles. The Labute approximate surface area is 107 Å². The number of rotatable bonds is 2. The Hall–Kier alpha value is -2.14. The molecule has 4 nitrogen and oxygen atoms in total. The zero-order chi connectivity index (χ0) is 12.5. The zero-order valence-electron chi connectivity index (χ0n) is 9.62. The van der Waals surface area contributed by atoms with Gasteiger partial charge in [-0.25, -0.2) is 4.98 Å². The number of thiazole rings is 1. The van der Waals surface area contributed by atoms with Gasteiger partial charge in [0.05, 0.1) is 10.2 Å². The van der Waals surface area contributed by atoms with Crippen molar-refractivity contribution in [3.05, 3.63) is 47.1 Å². The molecule has 0 N–H and O–H groups in total. The van der Waals surface area contributed by atoms with E-state index in [1.54, 1.807) is 12.1 Å². The van der Waals surface area contributed by atoms with Gasteiger partial charge in [0.25, 0.3) is 0 Å². The van der Waals surface area contributed by atoms with Crippen LogP contribution in [-0.4, -0.2) is 9.97 Å². The monoisotopic (exact) mass is 255 g/mol. The summed E-state index contributed by atoms with van der Waals surface area (Å²) in [6.45, 7) is 1.95.